The maximum atomic E-state index is 12.6. The fourth-order valence-electron chi connectivity index (χ4n) is 2.97. The molecule has 0 atom stereocenters. The van der Waals surface area contributed by atoms with Gasteiger partial charge in [-0.15, -0.1) is 11.8 Å². The molecule has 1 amide bonds. The molecule has 0 bridgehead atoms. The molecule has 2 aromatic carbocycles. The molecule has 1 heterocycles. The number of carbonyl (C=O) groups excluding carboxylic acids is 1. The van der Waals surface area contributed by atoms with Crippen molar-refractivity contribution in [2.24, 2.45) is 0 Å². The molecule has 0 radical (unpaired) electrons. The highest BCUT2D eigenvalue weighted by Gasteiger charge is 2.22. The van der Waals surface area contributed by atoms with Crippen molar-refractivity contribution < 1.29 is 14.3 Å². The maximum Gasteiger partial charge on any atom is 0.233 e. The first-order chi connectivity index (χ1) is 12.1. The van der Waals surface area contributed by atoms with Crippen molar-refractivity contribution in [2.45, 2.75) is 24.8 Å². The summed E-state index contributed by atoms with van der Waals surface area (Å²) in [5.74, 6) is 2.10. The van der Waals surface area contributed by atoms with Crippen LogP contribution in [-0.2, 0) is 17.8 Å². The van der Waals surface area contributed by atoms with E-state index in [1.54, 1.807) is 26.0 Å². The first-order valence-electron chi connectivity index (χ1n) is 8.31. The number of thioether (sulfide) groups is 1. The average Bonchev–Trinajstić information content (AvgIpc) is 2.65. The van der Waals surface area contributed by atoms with Crippen LogP contribution < -0.4 is 9.47 Å². The molecular weight excluding hydrogens is 334 g/mol. The summed E-state index contributed by atoms with van der Waals surface area (Å²) in [5, 5.41) is 0. The van der Waals surface area contributed by atoms with Crippen LogP contribution in [0.25, 0.3) is 0 Å². The van der Waals surface area contributed by atoms with E-state index in [9.17, 15) is 4.79 Å². The minimum atomic E-state index is 0.172. The van der Waals surface area contributed by atoms with Gasteiger partial charge in [-0.05, 0) is 48.7 Å². The lowest BCUT2D eigenvalue weighted by molar-refractivity contribution is -0.129. The monoisotopic (exact) mass is 357 g/mol. The van der Waals surface area contributed by atoms with Crippen molar-refractivity contribution in [1.82, 2.24) is 4.90 Å². The van der Waals surface area contributed by atoms with Crippen LogP contribution in [0.1, 0.15) is 16.7 Å². The fourth-order valence-corrected chi connectivity index (χ4v) is 3.77. The second-order valence-electron chi connectivity index (χ2n) is 6.14. The van der Waals surface area contributed by atoms with E-state index < -0.39 is 0 Å². The fraction of sp³-hybridized carbons (Fsp3) is 0.350. The Morgan fingerprint density at radius 3 is 2.36 bits per heavy atom. The topological polar surface area (TPSA) is 38.8 Å². The number of methoxy groups -OCH3 is 2. The number of rotatable bonds is 5. The Hall–Kier alpha value is -2.14. The van der Waals surface area contributed by atoms with Gasteiger partial charge in [0.05, 0.1) is 20.0 Å². The zero-order valence-corrected chi connectivity index (χ0v) is 15.7. The minimum absolute atomic E-state index is 0.172. The van der Waals surface area contributed by atoms with Gasteiger partial charge >= 0.3 is 0 Å². The highest BCUT2D eigenvalue weighted by molar-refractivity contribution is 8.00. The van der Waals surface area contributed by atoms with Crippen molar-refractivity contribution in [3.8, 4) is 11.5 Å². The van der Waals surface area contributed by atoms with Crippen LogP contribution in [0.3, 0.4) is 0 Å². The van der Waals surface area contributed by atoms with E-state index in [1.165, 1.54) is 11.1 Å². The first-order valence-corrected chi connectivity index (χ1v) is 9.30. The number of aryl methyl sites for hydroxylation is 1. The summed E-state index contributed by atoms with van der Waals surface area (Å²) in [6.45, 7) is 3.44. The number of nitrogens with zero attached hydrogens (tertiary/aromatic N) is 1. The smallest absolute Gasteiger partial charge is 0.233 e. The zero-order valence-electron chi connectivity index (χ0n) is 14.9. The lowest BCUT2D eigenvalue weighted by Crippen LogP contribution is -2.37. The Kier molecular flexibility index (Phi) is 5.53. The summed E-state index contributed by atoms with van der Waals surface area (Å²) in [6.07, 6.45) is 0.844. The normalized spacial score (nSPS) is 13.3. The Balaban J connectivity index is 1.65. The van der Waals surface area contributed by atoms with Gasteiger partial charge in [0, 0.05) is 18.0 Å². The number of hydrogen-bond acceptors (Lipinski definition) is 4. The summed E-state index contributed by atoms with van der Waals surface area (Å²) in [7, 11) is 3.28. The van der Waals surface area contributed by atoms with Crippen LogP contribution >= 0.6 is 11.8 Å². The summed E-state index contributed by atoms with van der Waals surface area (Å²) in [6, 6.07) is 12.3. The van der Waals surface area contributed by atoms with E-state index in [2.05, 4.69) is 31.2 Å². The van der Waals surface area contributed by atoms with Gasteiger partial charge in [0.2, 0.25) is 5.91 Å². The third kappa shape index (κ3) is 4.10. The van der Waals surface area contributed by atoms with Gasteiger partial charge in [-0.2, -0.15) is 0 Å². The van der Waals surface area contributed by atoms with Crippen LogP contribution in [0, 0.1) is 6.92 Å². The lowest BCUT2D eigenvalue weighted by atomic mass is 9.99. The number of ether oxygens (including phenoxy) is 2. The van der Waals surface area contributed by atoms with Gasteiger partial charge in [-0.1, -0.05) is 17.7 Å². The van der Waals surface area contributed by atoms with Crippen LogP contribution in [0.2, 0.25) is 0 Å². The van der Waals surface area contributed by atoms with Crippen LogP contribution in [-0.4, -0.2) is 37.3 Å². The van der Waals surface area contributed by atoms with E-state index in [0.717, 1.165) is 29.2 Å². The van der Waals surface area contributed by atoms with E-state index in [-0.39, 0.29) is 5.91 Å². The van der Waals surface area contributed by atoms with Crippen molar-refractivity contribution in [3.63, 3.8) is 0 Å². The van der Waals surface area contributed by atoms with Crippen molar-refractivity contribution in [3.05, 3.63) is 53.1 Å². The molecule has 5 heteroatoms. The van der Waals surface area contributed by atoms with Gasteiger partial charge in [-0.25, -0.2) is 0 Å². The van der Waals surface area contributed by atoms with Crippen LogP contribution in [0.15, 0.2) is 41.3 Å². The number of fused-ring (bicyclic) bond motifs is 1. The number of carbonyl (C=O) groups is 1. The van der Waals surface area contributed by atoms with Crippen molar-refractivity contribution >= 4 is 17.7 Å². The predicted molar refractivity (Wildman–Crippen MR) is 101 cm³/mol. The van der Waals surface area contributed by atoms with Crippen molar-refractivity contribution in [1.29, 1.82) is 0 Å². The molecule has 4 nitrogen and oxygen atoms in total. The van der Waals surface area contributed by atoms with E-state index in [1.807, 2.05) is 17.0 Å². The third-order valence-electron chi connectivity index (χ3n) is 4.45. The second-order valence-corrected chi connectivity index (χ2v) is 7.19. The van der Waals surface area contributed by atoms with E-state index in [4.69, 9.17) is 9.47 Å². The molecule has 25 heavy (non-hydrogen) atoms. The molecule has 0 saturated heterocycles. The largest absolute Gasteiger partial charge is 0.493 e. The minimum Gasteiger partial charge on any atom is -0.493 e. The second kappa shape index (κ2) is 7.83. The predicted octanol–water partition coefficient (Wildman–Crippen LogP) is 3.69. The SMILES string of the molecule is COc1cc2c(cc1OC)CN(C(=O)CSc1ccc(C)cc1)CC2. The van der Waals surface area contributed by atoms with Gasteiger partial charge in [0.25, 0.3) is 0 Å². The molecule has 0 unspecified atom stereocenters. The molecule has 2 aromatic rings. The maximum absolute atomic E-state index is 12.6. The third-order valence-corrected chi connectivity index (χ3v) is 5.45. The zero-order chi connectivity index (χ0) is 17.8. The number of hydrogen-bond donors (Lipinski definition) is 0. The molecular formula is C20H23NO3S. The lowest BCUT2D eigenvalue weighted by Gasteiger charge is -2.29. The molecule has 0 aliphatic carbocycles. The quantitative estimate of drug-likeness (QED) is 0.765. The molecule has 0 aromatic heterocycles. The molecule has 0 spiro atoms. The average molecular weight is 357 g/mol. The van der Waals surface area contributed by atoms with E-state index in [0.29, 0.717) is 18.0 Å². The highest BCUT2D eigenvalue weighted by atomic mass is 32.2. The molecule has 1 aliphatic heterocycles. The van der Waals surface area contributed by atoms with Crippen molar-refractivity contribution in [2.75, 3.05) is 26.5 Å². The van der Waals surface area contributed by atoms with Gasteiger partial charge < -0.3 is 14.4 Å². The Morgan fingerprint density at radius 1 is 1.08 bits per heavy atom. The standard InChI is InChI=1S/C20H23NO3S/c1-14-4-6-17(7-5-14)25-13-20(22)21-9-8-15-10-18(23-2)19(24-3)11-16(15)12-21/h4-7,10-11H,8-9,12-13H2,1-3H3. The summed E-state index contributed by atoms with van der Waals surface area (Å²) >= 11 is 1.59. The molecule has 3 rings (SSSR count). The van der Waals surface area contributed by atoms with Gasteiger partial charge in [-0.3, -0.25) is 4.79 Å². The van der Waals surface area contributed by atoms with E-state index >= 15 is 0 Å². The molecule has 132 valence electrons. The Bertz CT molecular complexity index is 758. The number of benzene rings is 2. The molecule has 0 fully saturated rings. The molecule has 0 saturated carbocycles. The molecule has 1 aliphatic rings. The van der Waals surface area contributed by atoms with Gasteiger partial charge in [0.1, 0.15) is 0 Å². The molecule has 0 N–H and O–H groups in total. The van der Waals surface area contributed by atoms with Crippen LogP contribution in [0.5, 0.6) is 11.5 Å². The highest BCUT2D eigenvalue weighted by Crippen LogP contribution is 2.33. The first kappa shape index (κ1) is 17.7. The summed E-state index contributed by atoms with van der Waals surface area (Å²) in [4.78, 5) is 15.6. The summed E-state index contributed by atoms with van der Waals surface area (Å²) in [5.41, 5.74) is 3.60. The Labute approximate surface area is 153 Å². The van der Waals surface area contributed by atoms with Gasteiger partial charge in [0.15, 0.2) is 11.5 Å². The van der Waals surface area contributed by atoms with Crippen LogP contribution in [0.4, 0.5) is 0 Å². The number of amides is 1. The summed E-state index contributed by atoms with van der Waals surface area (Å²) < 4.78 is 10.7. The Morgan fingerprint density at radius 2 is 1.72 bits per heavy atom.